The van der Waals surface area contributed by atoms with E-state index >= 15 is 0 Å². The van der Waals surface area contributed by atoms with Gasteiger partial charge in [-0.1, -0.05) is 45.2 Å². The van der Waals surface area contributed by atoms with Crippen molar-refractivity contribution in [3.05, 3.63) is 29.3 Å². The molecule has 0 radical (unpaired) electrons. The number of hydrogen-bond acceptors (Lipinski definition) is 2. The lowest BCUT2D eigenvalue weighted by molar-refractivity contribution is 0.316. The zero-order valence-electron chi connectivity index (χ0n) is 11.9. The fourth-order valence-electron chi connectivity index (χ4n) is 3.21. The number of para-hydroxylation sites is 1. The summed E-state index contributed by atoms with van der Waals surface area (Å²) in [6.45, 7) is 4.83. The van der Waals surface area contributed by atoms with Gasteiger partial charge >= 0.3 is 0 Å². The van der Waals surface area contributed by atoms with Gasteiger partial charge in [-0.15, -0.1) is 11.3 Å². The van der Waals surface area contributed by atoms with Crippen molar-refractivity contribution >= 4 is 21.6 Å². The van der Waals surface area contributed by atoms with E-state index in [1.54, 1.807) is 0 Å². The fraction of sp³-hybridized carbons (Fsp3) is 0.588. The van der Waals surface area contributed by atoms with Crippen LogP contribution in [0.2, 0.25) is 0 Å². The Labute approximate surface area is 120 Å². The van der Waals surface area contributed by atoms with E-state index in [0.717, 1.165) is 11.8 Å². The average molecular weight is 273 g/mol. The minimum Gasteiger partial charge on any atom is -0.241 e. The number of hydrogen-bond donors (Lipinski definition) is 0. The first-order valence-electron chi connectivity index (χ1n) is 7.58. The summed E-state index contributed by atoms with van der Waals surface area (Å²) in [6.07, 6.45) is 6.82. The van der Waals surface area contributed by atoms with Gasteiger partial charge in [-0.2, -0.15) is 0 Å². The molecular weight excluding hydrogens is 250 g/mol. The molecule has 19 heavy (non-hydrogen) atoms. The highest BCUT2D eigenvalue weighted by Gasteiger charge is 2.22. The predicted octanol–water partition coefficient (Wildman–Crippen LogP) is 5.62. The molecule has 1 aliphatic rings. The molecule has 3 unspecified atom stereocenters. The van der Waals surface area contributed by atoms with Gasteiger partial charge in [-0.05, 0) is 36.8 Å². The first-order chi connectivity index (χ1) is 9.22. The topological polar surface area (TPSA) is 12.9 Å². The highest BCUT2D eigenvalue weighted by Crippen LogP contribution is 2.38. The smallest absolute Gasteiger partial charge is 0.0969 e. The molecule has 102 valence electrons. The molecule has 2 heteroatoms. The molecule has 0 N–H and O–H groups in total. The van der Waals surface area contributed by atoms with Crippen LogP contribution in [0.4, 0.5) is 0 Å². The van der Waals surface area contributed by atoms with Crippen LogP contribution >= 0.6 is 11.3 Å². The average Bonchev–Trinajstić information content (AvgIpc) is 2.82. The van der Waals surface area contributed by atoms with Gasteiger partial charge in [-0.25, -0.2) is 4.98 Å². The maximum atomic E-state index is 4.89. The Balaban J connectivity index is 1.85. The van der Waals surface area contributed by atoms with E-state index < -0.39 is 0 Å². The Morgan fingerprint density at radius 3 is 2.58 bits per heavy atom. The minimum atomic E-state index is 0.690. The van der Waals surface area contributed by atoms with Gasteiger partial charge in [0.25, 0.3) is 0 Å². The summed E-state index contributed by atoms with van der Waals surface area (Å²) in [4.78, 5) is 4.89. The maximum Gasteiger partial charge on any atom is 0.0969 e. The van der Waals surface area contributed by atoms with Crippen LogP contribution in [0, 0.1) is 11.8 Å². The zero-order valence-corrected chi connectivity index (χ0v) is 12.7. The van der Waals surface area contributed by atoms with E-state index in [4.69, 9.17) is 4.98 Å². The summed E-state index contributed by atoms with van der Waals surface area (Å²) in [6, 6.07) is 8.55. The Bertz CT molecular complexity index is 512. The molecule has 0 amide bonds. The second-order valence-corrected chi connectivity index (χ2v) is 7.38. The van der Waals surface area contributed by atoms with Crippen molar-refractivity contribution in [2.24, 2.45) is 11.8 Å². The lowest BCUT2D eigenvalue weighted by atomic mass is 9.82. The first-order valence-corrected chi connectivity index (χ1v) is 8.39. The van der Waals surface area contributed by atoms with E-state index in [2.05, 4.69) is 38.1 Å². The Morgan fingerprint density at radius 2 is 1.74 bits per heavy atom. The Hall–Kier alpha value is -0.890. The normalized spacial score (nSPS) is 29.1. The number of benzene rings is 1. The number of thiazole rings is 1. The van der Waals surface area contributed by atoms with E-state index in [0.29, 0.717) is 5.92 Å². The molecule has 2 aromatic rings. The number of rotatable bonds is 1. The predicted molar refractivity (Wildman–Crippen MR) is 83.8 cm³/mol. The highest BCUT2D eigenvalue weighted by atomic mass is 32.1. The van der Waals surface area contributed by atoms with Gasteiger partial charge in [-0.3, -0.25) is 0 Å². The Morgan fingerprint density at radius 1 is 1.00 bits per heavy atom. The lowest BCUT2D eigenvalue weighted by Gasteiger charge is -2.25. The van der Waals surface area contributed by atoms with Crippen molar-refractivity contribution in [2.75, 3.05) is 0 Å². The highest BCUT2D eigenvalue weighted by molar-refractivity contribution is 7.18. The number of fused-ring (bicyclic) bond motifs is 1. The maximum absolute atomic E-state index is 4.89. The summed E-state index contributed by atoms with van der Waals surface area (Å²) in [5.74, 6) is 2.43. The van der Waals surface area contributed by atoms with Crippen LogP contribution in [-0.4, -0.2) is 4.98 Å². The molecule has 1 nitrogen and oxygen atoms in total. The molecule has 1 aromatic carbocycles. The van der Waals surface area contributed by atoms with Gasteiger partial charge in [0.2, 0.25) is 0 Å². The van der Waals surface area contributed by atoms with E-state index in [1.807, 2.05) is 11.3 Å². The monoisotopic (exact) mass is 273 g/mol. The summed E-state index contributed by atoms with van der Waals surface area (Å²) in [5.41, 5.74) is 1.19. The third kappa shape index (κ3) is 3.00. The van der Waals surface area contributed by atoms with Gasteiger partial charge in [0.05, 0.1) is 15.2 Å². The molecule has 1 aromatic heterocycles. The van der Waals surface area contributed by atoms with Crippen LogP contribution in [0.3, 0.4) is 0 Å². The van der Waals surface area contributed by atoms with Crippen molar-refractivity contribution in [1.29, 1.82) is 0 Å². The van der Waals surface area contributed by atoms with E-state index in [-0.39, 0.29) is 0 Å². The van der Waals surface area contributed by atoms with Crippen molar-refractivity contribution in [3.63, 3.8) is 0 Å². The van der Waals surface area contributed by atoms with Gasteiger partial charge in [0.15, 0.2) is 0 Å². The third-order valence-corrected chi connectivity index (χ3v) is 5.71. The Kier molecular flexibility index (Phi) is 3.88. The molecule has 0 saturated heterocycles. The van der Waals surface area contributed by atoms with Crippen molar-refractivity contribution < 1.29 is 0 Å². The van der Waals surface area contributed by atoms with Crippen molar-refractivity contribution in [2.45, 2.75) is 51.9 Å². The largest absolute Gasteiger partial charge is 0.241 e. The molecule has 3 rings (SSSR count). The molecule has 1 saturated carbocycles. The quantitative estimate of drug-likeness (QED) is 0.657. The fourth-order valence-corrected chi connectivity index (χ4v) is 4.32. The molecule has 0 aliphatic heterocycles. The SMILES string of the molecule is CC1CCC(C)CC(c2nc3ccccc3s2)CC1. The number of nitrogens with zero attached hydrogens (tertiary/aromatic N) is 1. The summed E-state index contributed by atoms with van der Waals surface area (Å²) < 4.78 is 1.35. The zero-order chi connectivity index (χ0) is 13.2. The number of aromatic nitrogens is 1. The molecule has 0 spiro atoms. The van der Waals surface area contributed by atoms with Crippen LogP contribution in [0.25, 0.3) is 10.2 Å². The summed E-state index contributed by atoms with van der Waals surface area (Å²) >= 11 is 1.91. The molecule has 0 bridgehead atoms. The minimum absolute atomic E-state index is 0.690. The van der Waals surface area contributed by atoms with Crippen LogP contribution in [-0.2, 0) is 0 Å². The first kappa shape index (κ1) is 13.1. The van der Waals surface area contributed by atoms with Crippen LogP contribution < -0.4 is 0 Å². The summed E-state index contributed by atoms with van der Waals surface area (Å²) in [7, 11) is 0. The van der Waals surface area contributed by atoms with E-state index in [1.165, 1.54) is 47.3 Å². The standard InChI is InChI=1S/C17H23NS/c1-12-7-8-13(2)11-14(10-9-12)17-18-15-5-3-4-6-16(15)19-17/h3-6,12-14H,7-11H2,1-2H3. The van der Waals surface area contributed by atoms with Gasteiger partial charge in [0, 0.05) is 5.92 Å². The van der Waals surface area contributed by atoms with Crippen LogP contribution in [0.5, 0.6) is 0 Å². The molecular formula is C17H23NS. The van der Waals surface area contributed by atoms with Crippen molar-refractivity contribution in [1.82, 2.24) is 4.98 Å². The second-order valence-electron chi connectivity index (χ2n) is 6.32. The lowest BCUT2D eigenvalue weighted by Crippen LogP contribution is -2.12. The molecule has 1 heterocycles. The van der Waals surface area contributed by atoms with Crippen LogP contribution in [0.15, 0.2) is 24.3 Å². The molecule has 1 fully saturated rings. The molecule has 1 aliphatic carbocycles. The van der Waals surface area contributed by atoms with Gasteiger partial charge < -0.3 is 0 Å². The van der Waals surface area contributed by atoms with Crippen molar-refractivity contribution in [3.8, 4) is 0 Å². The summed E-state index contributed by atoms with van der Waals surface area (Å²) in [5, 5.41) is 1.38. The van der Waals surface area contributed by atoms with Gasteiger partial charge in [0.1, 0.15) is 0 Å². The third-order valence-electron chi connectivity index (χ3n) is 4.51. The molecule has 3 atom stereocenters. The van der Waals surface area contributed by atoms with E-state index in [9.17, 15) is 0 Å². The van der Waals surface area contributed by atoms with Crippen LogP contribution in [0.1, 0.15) is 56.9 Å². The second kappa shape index (κ2) is 5.62.